The van der Waals surface area contributed by atoms with Crippen LogP contribution in [0.4, 0.5) is 0 Å². The van der Waals surface area contributed by atoms with E-state index >= 15 is 0 Å². The molecule has 0 atom stereocenters. The molecule has 5 nitrogen and oxygen atoms in total. The van der Waals surface area contributed by atoms with E-state index in [1.54, 1.807) is 7.11 Å². The number of rotatable bonds is 6. The van der Waals surface area contributed by atoms with Gasteiger partial charge in [-0.15, -0.1) is 0 Å². The van der Waals surface area contributed by atoms with Crippen molar-refractivity contribution in [3.05, 3.63) is 52.3 Å². The molecule has 0 bridgehead atoms. The number of methoxy groups -OCH3 is 1. The molecule has 1 saturated carbocycles. The maximum atomic E-state index is 13.3. The van der Waals surface area contributed by atoms with Crippen molar-refractivity contribution in [2.45, 2.75) is 46.2 Å². The number of para-hydroxylation sites is 1. The Balaban J connectivity index is 1.94. The molecule has 0 saturated heterocycles. The Morgan fingerprint density at radius 2 is 1.92 bits per heavy atom. The fraction of sp³-hybridized carbons (Fsp3) is 0.400. The zero-order chi connectivity index (χ0) is 18.1. The first kappa shape index (κ1) is 17.3. The number of aromatic amines is 1. The zero-order valence-electron chi connectivity index (χ0n) is 15.2. The largest absolute Gasteiger partial charge is 0.496 e. The van der Waals surface area contributed by atoms with Crippen molar-refractivity contribution in [3.63, 3.8) is 0 Å². The molecular formula is C20H24N2O3. The normalized spacial score (nSPS) is 13.6. The van der Waals surface area contributed by atoms with E-state index in [4.69, 9.17) is 4.74 Å². The van der Waals surface area contributed by atoms with Crippen LogP contribution in [0.15, 0.2) is 24.3 Å². The Hall–Kier alpha value is -2.56. The smallest absolute Gasteiger partial charge is 0.256 e. The molecule has 1 aromatic heterocycles. The van der Waals surface area contributed by atoms with Crippen molar-refractivity contribution in [2.24, 2.45) is 0 Å². The lowest BCUT2D eigenvalue weighted by molar-refractivity contribution is 0.0727. The molecular weight excluding hydrogens is 316 g/mol. The maximum absolute atomic E-state index is 13.3. The third-order valence-corrected chi connectivity index (χ3v) is 4.79. The standard InChI is InChI=1S/C20H24N2O3/c1-12-18(13(2)21-19(12)14(3)23)20(24)22(16-9-10-16)11-15-7-5-6-8-17(15)25-4/h5-8,16,21H,9-11H2,1-4H3. The molecule has 1 aliphatic carbocycles. The van der Waals surface area contributed by atoms with Gasteiger partial charge in [0.25, 0.3) is 5.91 Å². The quantitative estimate of drug-likeness (QED) is 0.817. The number of hydrogen-bond donors (Lipinski definition) is 1. The Kier molecular flexibility index (Phi) is 4.66. The van der Waals surface area contributed by atoms with Gasteiger partial charge in [-0.3, -0.25) is 9.59 Å². The van der Waals surface area contributed by atoms with Gasteiger partial charge in [-0.2, -0.15) is 0 Å². The summed E-state index contributed by atoms with van der Waals surface area (Å²) in [5.41, 5.74) is 3.61. The van der Waals surface area contributed by atoms with Crippen molar-refractivity contribution >= 4 is 11.7 Å². The van der Waals surface area contributed by atoms with E-state index < -0.39 is 0 Å². The van der Waals surface area contributed by atoms with E-state index in [0.717, 1.165) is 35.4 Å². The summed E-state index contributed by atoms with van der Waals surface area (Å²) in [7, 11) is 1.64. The minimum absolute atomic E-state index is 0.0212. The fourth-order valence-electron chi connectivity index (χ4n) is 3.34. The number of aryl methyl sites for hydroxylation is 1. The first-order chi connectivity index (χ1) is 11.9. The number of carbonyl (C=O) groups is 2. The zero-order valence-corrected chi connectivity index (χ0v) is 15.2. The van der Waals surface area contributed by atoms with Crippen molar-refractivity contribution in [1.82, 2.24) is 9.88 Å². The van der Waals surface area contributed by atoms with Crippen LogP contribution >= 0.6 is 0 Å². The fourth-order valence-corrected chi connectivity index (χ4v) is 3.34. The predicted molar refractivity (Wildman–Crippen MR) is 96.2 cm³/mol. The number of ether oxygens (including phenoxy) is 1. The third-order valence-electron chi connectivity index (χ3n) is 4.79. The van der Waals surface area contributed by atoms with Gasteiger partial charge < -0.3 is 14.6 Å². The van der Waals surface area contributed by atoms with Crippen molar-refractivity contribution in [3.8, 4) is 5.75 Å². The number of benzene rings is 1. The van der Waals surface area contributed by atoms with Crippen LogP contribution in [-0.4, -0.2) is 34.7 Å². The van der Waals surface area contributed by atoms with E-state index in [9.17, 15) is 9.59 Å². The number of aromatic nitrogens is 1. The molecule has 0 spiro atoms. The Labute approximate surface area is 148 Å². The number of carbonyl (C=O) groups excluding carboxylic acids is 2. The first-order valence-corrected chi connectivity index (χ1v) is 8.57. The topological polar surface area (TPSA) is 62.4 Å². The Morgan fingerprint density at radius 1 is 1.24 bits per heavy atom. The second-order valence-corrected chi connectivity index (χ2v) is 6.66. The van der Waals surface area contributed by atoms with E-state index in [-0.39, 0.29) is 17.7 Å². The van der Waals surface area contributed by atoms with Crippen molar-refractivity contribution in [2.75, 3.05) is 7.11 Å². The highest BCUT2D eigenvalue weighted by molar-refractivity contribution is 6.02. The number of H-pyrrole nitrogens is 1. The van der Waals surface area contributed by atoms with Crippen LogP contribution in [0.2, 0.25) is 0 Å². The Bertz CT molecular complexity index is 818. The van der Waals surface area contributed by atoms with E-state index in [1.165, 1.54) is 6.92 Å². The average Bonchev–Trinajstić information content (AvgIpc) is 3.37. The van der Waals surface area contributed by atoms with Crippen LogP contribution in [0, 0.1) is 13.8 Å². The van der Waals surface area contributed by atoms with Crippen LogP contribution < -0.4 is 4.74 Å². The predicted octanol–water partition coefficient (Wildman–Crippen LogP) is 3.65. The molecule has 2 aromatic rings. The molecule has 0 radical (unpaired) electrons. The minimum atomic E-state index is -0.0534. The molecule has 1 N–H and O–H groups in total. The summed E-state index contributed by atoms with van der Waals surface area (Å²) in [6, 6.07) is 8.02. The molecule has 1 aromatic carbocycles. The molecule has 1 heterocycles. The van der Waals surface area contributed by atoms with E-state index in [2.05, 4.69) is 4.98 Å². The summed E-state index contributed by atoms with van der Waals surface area (Å²) in [5.74, 6) is 0.711. The number of Topliss-reactive ketones (excluding diaryl/α,β-unsaturated/α-hetero) is 1. The summed E-state index contributed by atoms with van der Waals surface area (Å²) in [5, 5.41) is 0. The first-order valence-electron chi connectivity index (χ1n) is 8.57. The SMILES string of the molecule is COc1ccccc1CN(C(=O)c1c(C)[nH]c(C(C)=O)c1C)C1CC1. The summed E-state index contributed by atoms with van der Waals surface area (Å²) in [4.78, 5) is 30.0. The maximum Gasteiger partial charge on any atom is 0.256 e. The summed E-state index contributed by atoms with van der Waals surface area (Å²) >= 11 is 0. The molecule has 1 amide bonds. The lowest BCUT2D eigenvalue weighted by Crippen LogP contribution is -2.33. The highest BCUT2D eigenvalue weighted by atomic mass is 16.5. The van der Waals surface area contributed by atoms with Gasteiger partial charge in [-0.1, -0.05) is 18.2 Å². The number of amides is 1. The van der Waals surface area contributed by atoms with Gasteiger partial charge in [0.05, 0.1) is 18.4 Å². The lowest BCUT2D eigenvalue weighted by Gasteiger charge is -2.24. The van der Waals surface area contributed by atoms with Gasteiger partial charge in [0.1, 0.15) is 5.75 Å². The molecule has 25 heavy (non-hydrogen) atoms. The van der Waals surface area contributed by atoms with Crippen LogP contribution in [0.5, 0.6) is 5.75 Å². The van der Waals surface area contributed by atoms with Crippen LogP contribution in [0.3, 0.4) is 0 Å². The van der Waals surface area contributed by atoms with Gasteiger partial charge >= 0.3 is 0 Å². The van der Waals surface area contributed by atoms with Gasteiger partial charge in [-0.05, 0) is 38.3 Å². The monoisotopic (exact) mass is 340 g/mol. The molecule has 1 fully saturated rings. The summed E-state index contributed by atoms with van der Waals surface area (Å²) < 4.78 is 5.43. The molecule has 0 aliphatic heterocycles. The average molecular weight is 340 g/mol. The molecule has 1 aliphatic rings. The van der Waals surface area contributed by atoms with E-state index in [0.29, 0.717) is 17.8 Å². The number of nitrogens with one attached hydrogen (secondary N) is 1. The van der Waals surface area contributed by atoms with Crippen LogP contribution in [0.25, 0.3) is 0 Å². The molecule has 132 valence electrons. The van der Waals surface area contributed by atoms with E-state index in [1.807, 2.05) is 43.0 Å². The second-order valence-electron chi connectivity index (χ2n) is 6.66. The molecule has 5 heteroatoms. The number of hydrogen-bond acceptors (Lipinski definition) is 3. The second kappa shape index (κ2) is 6.75. The van der Waals surface area contributed by atoms with Gasteiger partial charge in [0.2, 0.25) is 0 Å². The molecule has 3 rings (SSSR count). The highest BCUT2D eigenvalue weighted by Crippen LogP contribution is 2.33. The lowest BCUT2D eigenvalue weighted by atomic mass is 10.1. The van der Waals surface area contributed by atoms with Gasteiger partial charge in [0.15, 0.2) is 5.78 Å². The minimum Gasteiger partial charge on any atom is -0.496 e. The summed E-state index contributed by atoms with van der Waals surface area (Å²) in [6.45, 7) is 5.70. The van der Waals surface area contributed by atoms with Gasteiger partial charge in [-0.25, -0.2) is 0 Å². The number of ketones is 1. The number of nitrogens with zero attached hydrogens (tertiary/aromatic N) is 1. The van der Waals surface area contributed by atoms with Crippen molar-refractivity contribution < 1.29 is 14.3 Å². The third kappa shape index (κ3) is 3.31. The molecule has 0 unspecified atom stereocenters. The van der Waals surface area contributed by atoms with Crippen LogP contribution in [-0.2, 0) is 6.54 Å². The van der Waals surface area contributed by atoms with Crippen molar-refractivity contribution in [1.29, 1.82) is 0 Å². The van der Waals surface area contributed by atoms with Gasteiger partial charge in [0, 0.05) is 30.8 Å². The highest BCUT2D eigenvalue weighted by Gasteiger charge is 2.35. The van der Waals surface area contributed by atoms with Crippen LogP contribution in [0.1, 0.15) is 57.4 Å². The summed E-state index contributed by atoms with van der Waals surface area (Å²) in [6.07, 6.45) is 2.03. The Morgan fingerprint density at radius 3 is 2.48 bits per heavy atom.